The molecule has 0 saturated heterocycles. The third kappa shape index (κ3) is 2.97. The maximum Gasteiger partial charge on any atom is 0.0758 e. The van der Waals surface area contributed by atoms with E-state index >= 15 is 0 Å². The van der Waals surface area contributed by atoms with E-state index in [2.05, 4.69) is 50.2 Å². The van der Waals surface area contributed by atoms with Crippen LogP contribution < -0.4 is 5.32 Å². The van der Waals surface area contributed by atoms with Crippen molar-refractivity contribution in [2.75, 3.05) is 6.54 Å². The lowest BCUT2D eigenvalue weighted by Crippen LogP contribution is -2.31. The Bertz CT molecular complexity index is 445. The van der Waals surface area contributed by atoms with E-state index in [1.54, 1.807) is 11.3 Å². The van der Waals surface area contributed by atoms with Crippen LogP contribution in [0.4, 0.5) is 0 Å². The Morgan fingerprint density at radius 1 is 1.37 bits per heavy atom. The van der Waals surface area contributed by atoms with Crippen molar-refractivity contribution < 1.29 is 0 Å². The van der Waals surface area contributed by atoms with Crippen molar-refractivity contribution in [3.8, 4) is 0 Å². The zero-order valence-electron chi connectivity index (χ0n) is 11.3. The standard InChI is InChI=1S/C15H21Br2NS/c1-2-5-18-14(12-8-13(16)19-15(12)17)11-7-9-3-4-10(11)6-9/h8-11,14,18H,2-7H2,1H3. The van der Waals surface area contributed by atoms with Crippen molar-refractivity contribution in [1.29, 1.82) is 0 Å². The third-order valence-corrected chi connectivity index (χ3v) is 7.24. The van der Waals surface area contributed by atoms with E-state index < -0.39 is 0 Å². The minimum Gasteiger partial charge on any atom is -0.310 e. The van der Waals surface area contributed by atoms with Crippen LogP contribution in [0.1, 0.15) is 50.6 Å². The average Bonchev–Trinajstić information content (AvgIpc) is 3.06. The number of halogens is 2. The van der Waals surface area contributed by atoms with Crippen molar-refractivity contribution in [2.24, 2.45) is 17.8 Å². The molecule has 1 nitrogen and oxygen atoms in total. The molecular formula is C15H21Br2NS. The molecule has 4 heteroatoms. The highest BCUT2D eigenvalue weighted by molar-refractivity contribution is 9.12. The van der Waals surface area contributed by atoms with E-state index in [-0.39, 0.29) is 0 Å². The van der Waals surface area contributed by atoms with Gasteiger partial charge in [-0.1, -0.05) is 13.3 Å². The summed E-state index contributed by atoms with van der Waals surface area (Å²) in [6, 6.07) is 2.86. The van der Waals surface area contributed by atoms with Crippen LogP contribution in [-0.2, 0) is 0 Å². The fourth-order valence-electron chi connectivity index (χ4n) is 4.06. The first kappa shape index (κ1) is 14.6. The van der Waals surface area contributed by atoms with Crippen LogP contribution in [-0.4, -0.2) is 6.54 Å². The smallest absolute Gasteiger partial charge is 0.0758 e. The van der Waals surface area contributed by atoms with Crippen molar-refractivity contribution in [2.45, 2.75) is 45.1 Å². The Labute approximate surface area is 136 Å². The Kier molecular flexibility index (Phi) is 4.72. The van der Waals surface area contributed by atoms with Crippen LogP contribution in [0.5, 0.6) is 0 Å². The summed E-state index contributed by atoms with van der Waals surface area (Å²) in [5.74, 6) is 2.83. The van der Waals surface area contributed by atoms with E-state index in [1.165, 1.54) is 45.2 Å². The fraction of sp³-hybridized carbons (Fsp3) is 0.733. The number of hydrogen-bond donors (Lipinski definition) is 1. The van der Waals surface area contributed by atoms with Crippen LogP contribution in [0.25, 0.3) is 0 Å². The minimum absolute atomic E-state index is 0.548. The monoisotopic (exact) mass is 405 g/mol. The zero-order chi connectivity index (χ0) is 13.4. The first-order valence-corrected chi connectivity index (χ1v) is 9.77. The topological polar surface area (TPSA) is 12.0 Å². The molecule has 0 aliphatic heterocycles. The predicted molar refractivity (Wildman–Crippen MR) is 89.7 cm³/mol. The van der Waals surface area contributed by atoms with Gasteiger partial charge in [-0.15, -0.1) is 11.3 Å². The normalized spacial score (nSPS) is 31.0. The number of fused-ring (bicyclic) bond motifs is 2. The van der Waals surface area contributed by atoms with E-state index in [9.17, 15) is 0 Å². The van der Waals surface area contributed by atoms with Gasteiger partial charge in [0.25, 0.3) is 0 Å². The highest BCUT2D eigenvalue weighted by Crippen LogP contribution is 2.54. The van der Waals surface area contributed by atoms with Gasteiger partial charge in [0.1, 0.15) is 0 Å². The number of thiophene rings is 1. The SMILES string of the molecule is CCCNC(c1cc(Br)sc1Br)C1CC2CCC1C2. The molecule has 1 N–H and O–H groups in total. The molecule has 0 amide bonds. The van der Waals surface area contributed by atoms with Crippen LogP contribution in [0.2, 0.25) is 0 Å². The van der Waals surface area contributed by atoms with E-state index in [0.717, 1.165) is 24.3 Å². The summed E-state index contributed by atoms with van der Waals surface area (Å²) >= 11 is 9.19. The molecule has 0 spiro atoms. The van der Waals surface area contributed by atoms with Gasteiger partial charge in [-0.25, -0.2) is 0 Å². The maximum absolute atomic E-state index is 3.82. The van der Waals surface area contributed by atoms with Gasteiger partial charge < -0.3 is 5.32 Å². The highest BCUT2D eigenvalue weighted by Gasteiger charge is 2.43. The maximum atomic E-state index is 3.82. The van der Waals surface area contributed by atoms with Crippen molar-refractivity contribution in [3.05, 3.63) is 19.2 Å². The lowest BCUT2D eigenvalue weighted by Gasteiger charge is -2.31. The molecule has 2 bridgehead atoms. The highest BCUT2D eigenvalue weighted by atomic mass is 79.9. The van der Waals surface area contributed by atoms with Crippen LogP contribution in [0, 0.1) is 17.8 Å². The molecule has 1 aromatic heterocycles. The molecule has 2 saturated carbocycles. The molecule has 2 aliphatic rings. The second-order valence-electron chi connectivity index (χ2n) is 6.05. The Morgan fingerprint density at radius 3 is 2.74 bits per heavy atom. The fourth-order valence-corrected chi connectivity index (χ4v) is 6.99. The lowest BCUT2D eigenvalue weighted by molar-refractivity contribution is 0.250. The average molecular weight is 407 g/mol. The number of rotatable bonds is 5. The van der Waals surface area contributed by atoms with E-state index in [4.69, 9.17) is 0 Å². The quantitative estimate of drug-likeness (QED) is 0.656. The van der Waals surface area contributed by atoms with Gasteiger partial charge in [0.15, 0.2) is 0 Å². The van der Waals surface area contributed by atoms with Crippen LogP contribution in [0.3, 0.4) is 0 Å². The number of nitrogens with one attached hydrogen (secondary N) is 1. The van der Waals surface area contributed by atoms with Gasteiger partial charge in [-0.05, 0) is 93.5 Å². The largest absolute Gasteiger partial charge is 0.310 e. The molecule has 4 unspecified atom stereocenters. The van der Waals surface area contributed by atoms with E-state index in [0.29, 0.717) is 6.04 Å². The van der Waals surface area contributed by atoms with Crippen molar-refractivity contribution in [1.82, 2.24) is 5.32 Å². The van der Waals surface area contributed by atoms with Gasteiger partial charge in [0.2, 0.25) is 0 Å². The molecule has 1 heterocycles. The summed E-state index contributed by atoms with van der Waals surface area (Å²) in [4.78, 5) is 0. The molecular weight excluding hydrogens is 386 g/mol. The second kappa shape index (κ2) is 6.17. The Morgan fingerprint density at radius 2 is 2.21 bits per heavy atom. The Balaban J connectivity index is 1.83. The number of hydrogen-bond acceptors (Lipinski definition) is 2. The lowest BCUT2D eigenvalue weighted by atomic mass is 9.81. The Hall–Kier alpha value is 0.620. The molecule has 1 aromatic rings. The minimum atomic E-state index is 0.548. The van der Waals surface area contributed by atoms with Gasteiger partial charge >= 0.3 is 0 Å². The van der Waals surface area contributed by atoms with Crippen molar-refractivity contribution >= 4 is 43.2 Å². The second-order valence-corrected chi connectivity index (χ2v) is 9.80. The summed E-state index contributed by atoms with van der Waals surface area (Å²) in [5.41, 5.74) is 1.47. The van der Waals surface area contributed by atoms with Gasteiger partial charge in [-0.2, -0.15) is 0 Å². The van der Waals surface area contributed by atoms with Gasteiger partial charge in [-0.3, -0.25) is 0 Å². The zero-order valence-corrected chi connectivity index (χ0v) is 15.3. The molecule has 2 aliphatic carbocycles. The first-order chi connectivity index (χ1) is 9.19. The molecule has 106 valence electrons. The predicted octanol–water partition coefficient (Wildman–Crippen LogP) is 5.75. The van der Waals surface area contributed by atoms with Gasteiger partial charge in [0.05, 0.1) is 7.57 Å². The van der Waals surface area contributed by atoms with E-state index in [1.807, 2.05) is 0 Å². The third-order valence-electron chi connectivity index (χ3n) is 4.85. The molecule has 4 atom stereocenters. The molecule has 19 heavy (non-hydrogen) atoms. The molecule has 0 aromatic carbocycles. The summed E-state index contributed by atoms with van der Waals surface area (Å²) in [7, 11) is 0. The molecule has 0 radical (unpaired) electrons. The summed E-state index contributed by atoms with van der Waals surface area (Å²) < 4.78 is 2.54. The van der Waals surface area contributed by atoms with Crippen molar-refractivity contribution in [3.63, 3.8) is 0 Å². The van der Waals surface area contributed by atoms with Crippen LogP contribution >= 0.6 is 43.2 Å². The molecule has 2 fully saturated rings. The summed E-state index contributed by atoms with van der Waals surface area (Å²) in [6.45, 7) is 3.38. The summed E-state index contributed by atoms with van der Waals surface area (Å²) in [6.07, 6.45) is 7.07. The molecule has 3 rings (SSSR count). The first-order valence-electron chi connectivity index (χ1n) is 7.37. The summed E-state index contributed by atoms with van der Waals surface area (Å²) in [5, 5.41) is 3.82. The van der Waals surface area contributed by atoms with Crippen LogP contribution in [0.15, 0.2) is 13.6 Å². The van der Waals surface area contributed by atoms with Gasteiger partial charge in [0, 0.05) is 6.04 Å².